The fourth-order valence-corrected chi connectivity index (χ4v) is 3.94. The number of hydrogen-bond donors (Lipinski definition) is 1. The van der Waals surface area contributed by atoms with Gasteiger partial charge in [0.1, 0.15) is 6.23 Å². The van der Waals surface area contributed by atoms with Gasteiger partial charge in [-0.25, -0.2) is 0 Å². The van der Waals surface area contributed by atoms with Crippen LogP contribution in [0.25, 0.3) is 11.1 Å². The number of carbonyl (C=O) groups is 1. The van der Waals surface area contributed by atoms with Gasteiger partial charge in [0.25, 0.3) is 5.91 Å². The lowest BCUT2D eigenvalue weighted by Crippen LogP contribution is -2.52. The van der Waals surface area contributed by atoms with Gasteiger partial charge in [-0.05, 0) is 43.7 Å². The predicted molar refractivity (Wildman–Crippen MR) is 114 cm³/mol. The van der Waals surface area contributed by atoms with Gasteiger partial charge >= 0.3 is 0 Å². The molecule has 3 aromatic rings. The third kappa shape index (κ3) is 3.71. The number of furan rings is 1. The van der Waals surface area contributed by atoms with Crippen LogP contribution < -0.4 is 9.80 Å². The van der Waals surface area contributed by atoms with Crippen molar-refractivity contribution in [3.05, 3.63) is 54.7 Å². The third-order valence-corrected chi connectivity index (χ3v) is 5.34. The van der Waals surface area contributed by atoms with Gasteiger partial charge in [-0.3, -0.25) is 9.48 Å². The van der Waals surface area contributed by atoms with Crippen molar-refractivity contribution >= 4 is 17.3 Å². The van der Waals surface area contributed by atoms with E-state index in [1.54, 1.807) is 37.3 Å². The number of amides is 1. The Morgan fingerprint density at radius 2 is 2.17 bits per heavy atom. The largest absolute Gasteiger partial charge is 0.459 e. The minimum absolute atomic E-state index is 0.0564. The van der Waals surface area contributed by atoms with E-state index in [1.165, 1.54) is 6.26 Å². The van der Waals surface area contributed by atoms with Crippen molar-refractivity contribution in [3.8, 4) is 11.1 Å². The Kier molecular flexibility index (Phi) is 5.61. The van der Waals surface area contributed by atoms with E-state index in [4.69, 9.17) is 9.15 Å². The first-order chi connectivity index (χ1) is 14.5. The van der Waals surface area contributed by atoms with E-state index >= 15 is 0 Å². The number of nitrogens with zero attached hydrogens (tertiary/aromatic N) is 4. The highest BCUT2D eigenvalue weighted by atomic mass is 16.5. The highest BCUT2D eigenvalue weighted by Crippen LogP contribution is 2.40. The van der Waals surface area contributed by atoms with E-state index in [9.17, 15) is 9.90 Å². The summed E-state index contributed by atoms with van der Waals surface area (Å²) in [5, 5.41) is 14.7. The number of ether oxygens (including phenoxy) is 1. The number of aliphatic hydroxyl groups excluding tert-OH is 1. The second kappa shape index (κ2) is 8.33. The van der Waals surface area contributed by atoms with Crippen molar-refractivity contribution in [2.75, 3.05) is 30.1 Å². The van der Waals surface area contributed by atoms with E-state index in [0.717, 1.165) is 22.5 Å². The number of anilines is 2. The molecule has 1 aliphatic rings. The molecular weight excluding hydrogens is 384 g/mol. The number of aliphatic hydroxyl groups is 1. The van der Waals surface area contributed by atoms with Crippen LogP contribution in [0, 0.1) is 0 Å². The molecule has 0 saturated carbocycles. The lowest BCUT2D eigenvalue weighted by atomic mass is 10.0. The Morgan fingerprint density at radius 3 is 2.87 bits per heavy atom. The van der Waals surface area contributed by atoms with Crippen molar-refractivity contribution in [3.63, 3.8) is 0 Å². The smallest absolute Gasteiger partial charge is 0.294 e. The van der Waals surface area contributed by atoms with Crippen LogP contribution in [0.5, 0.6) is 0 Å². The molecule has 158 valence electrons. The minimum atomic E-state index is -0.678. The second-order valence-corrected chi connectivity index (χ2v) is 7.47. The molecule has 8 heteroatoms. The lowest BCUT2D eigenvalue weighted by Gasteiger charge is -2.43. The van der Waals surface area contributed by atoms with E-state index in [0.29, 0.717) is 19.7 Å². The van der Waals surface area contributed by atoms with Crippen LogP contribution >= 0.6 is 0 Å². The first-order valence-corrected chi connectivity index (χ1v) is 9.97. The molecule has 0 aliphatic carbocycles. The summed E-state index contributed by atoms with van der Waals surface area (Å²) < 4.78 is 12.3. The van der Waals surface area contributed by atoms with Gasteiger partial charge in [0.05, 0.1) is 37.0 Å². The summed E-state index contributed by atoms with van der Waals surface area (Å²) in [6.07, 6.45) is 4.57. The monoisotopic (exact) mass is 410 g/mol. The van der Waals surface area contributed by atoms with Crippen LogP contribution in [0.2, 0.25) is 0 Å². The molecule has 0 bridgehead atoms. The van der Waals surface area contributed by atoms with E-state index in [2.05, 4.69) is 5.10 Å². The summed E-state index contributed by atoms with van der Waals surface area (Å²) in [5.41, 5.74) is 3.42. The van der Waals surface area contributed by atoms with E-state index in [-0.39, 0.29) is 17.7 Å². The number of rotatable bonds is 6. The average Bonchev–Trinajstić information content (AvgIpc) is 3.42. The molecule has 1 amide bonds. The van der Waals surface area contributed by atoms with Crippen molar-refractivity contribution in [2.45, 2.75) is 32.7 Å². The number of fused-ring (bicyclic) bond motifs is 1. The standard InChI is InChI=1S/C22H26N4O4/c1-15-13-25(22(28)21-5-4-9-30-21)20-11-17(6-7-19(20)26(15)16(2)27)18-12-23-24(14-18)8-10-29-3/h4-7,9,11-12,14-16,27H,8,10,13H2,1-3H3/t15-,16?/m0/s1. The molecule has 0 saturated heterocycles. The molecule has 0 fully saturated rings. The molecule has 3 heterocycles. The van der Waals surface area contributed by atoms with Crippen LogP contribution in [-0.4, -0.2) is 53.3 Å². The van der Waals surface area contributed by atoms with E-state index < -0.39 is 6.23 Å². The molecule has 1 unspecified atom stereocenters. The Bertz CT molecular complexity index is 1010. The maximum Gasteiger partial charge on any atom is 0.294 e. The van der Waals surface area contributed by atoms with Gasteiger partial charge in [-0.1, -0.05) is 6.07 Å². The van der Waals surface area contributed by atoms with Gasteiger partial charge in [0.15, 0.2) is 5.76 Å². The summed E-state index contributed by atoms with van der Waals surface area (Å²) in [7, 11) is 1.66. The van der Waals surface area contributed by atoms with Crippen molar-refractivity contribution in [1.29, 1.82) is 0 Å². The number of benzene rings is 1. The van der Waals surface area contributed by atoms with Crippen LogP contribution in [-0.2, 0) is 11.3 Å². The normalized spacial score (nSPS) is 17.1. The SMILES string of the molecule is COCCn1cc(-c2ccc3c(c2)N(C(=O)c2ccco2)C[C@H](C)N3C(C)O)cn1. The van der Waals surface area contributed by atoms with Gasteiger partial charge < -0.3 is 24.1 Å². The fraction of sp³-hybridized carbons (Fsp3) is 0.364. The first kappa shape index (κ1) is 20.2. The molecule has 1 N–H and O–H groups in total. The quantitative estimate of drug-likeness (QED) is 0.673. The Morgan fingerprint density at radius 1 is 1.33 bits per heavy atom. The number of carbonyl (C=O) groups excluding carboxylic acids is 1. The third-order valence-electron chi connectivity index (χ3n) is 5.34. The van der Waals surface area contributed by atoms with Gasteiger partial charge in [0, 0.05) is 31.5 Å². The van der Waals surface area contributed by atoms with Crippen LogP contribution in [0.15, 0.2) is 53.4 Å². The minimum Gasteiger partial charge on any atom is -0.459 e. The maximum atomic E-state index is 13.1. The molecule has 8 nitrogen and oxygen atoms in total. The van der Waals surface area contributed by atoms with Crippen molar-refractivity contribution in [1.82, 2.24) is 9.78 Å². The maximum absolute atomic E-state index is 13.1. The van der Waals surface area contributed by atoms with Crippen molar-refractivity contribution in [2.24, 2.45) is 0 Å². The zero-order chi connectivity index (χ0) is 21.3. The van der Waals surface area contributed by atoms with Crippen LogP contribution in [0.1, 0.15) is 24.4 Å². The Balaban J connectivity index is 1.75. The molecule has 1 aromatic carbocycles. The molecule has 4 rings (SSSR count). The zero-order valence-electron chi connectivity index (χ0n) is 17.4. The zero-order valence-corrected chi connectivity index (χ0v) is 17.4. The van der Waals surface area contributed by atoms with E-state index in [1.807, 2.05) is 40.9 Å². The highest BCUT2D eigenvalue weighted by Gasteiger charge is 2.34. The van der Waals surface area contributed by atoms with Crippen LogP contribution in [0.4, 0.5) is 11.4 Å². The summed E-state index contributed by atoms with van der Waals surface area (Å²) >= 11 is 0. The highest BCUT2D eigenvalue weighted by molar-refractivity contribution is 6.07. The summed E-state index contributed by atoms with van der Waals surface area (Å²) in [6, 6.07) is 9.21. The molecule has 1 aliphatic heterocycles. The topological polar surface area (TPSA) is 84.0 Å². The molecule has 30 heavy (non-hydrogen) atoms. The second-order valence-electron chi connectivity index (χ2n) is 7.47. The molecule has 2 aromatic heterocycles. The number of methoxy groups -OCH3 is 1. The van der Waals surface area contributed by atoms with Gasteiger partial charge in [-0.15, -0.1) is 0 Å². The van der Waals surface area contributed by atoms with Crippen LogP contribution in [0.3, 0.4) is 0 Å². The Labute approximate surface area is 175 Å². The molecule has 0 radical (unpaired) electrons. The Hall–Kier alpha value is -3.10. The predicted octanol–water partition coefficient (Wildman–Crippen LogP) is 2.98. The lowest BCUT2D eigenvalue weighted by molar-refractivity contribution is 0.0953. The summed E-state index contributed by atoms with van der Waals surface area (Å²) in [5.74, 6) is 0.0858. The molecular formula is C22H26N4O4. The molecule has 2 atom stereocenters. The average molecular weight is 410 g/mol. The first-order valence-electron chi connectivity index (χ1n) is 9.97. The number of hydrogen-bond acceptors (Lipinski definition) is 6. The van der Waals surface area contributed by atoms with Gasteiger partial charge in [0.2, 0.25) is 0 Å². The fourth-order valence-electron chi connectivity index (χ4n) is 3.94. The van der Waals surface area contributed by atoms with Gasteiger partial charge in [-0.2, -0.15) is 5.10 Å². The molecule has 0 spiro atoms. The van der Waals surface area contributed by atoms with Crippen molar-refractivity contribution < 1.29 is 19.1 Å². The summed E-state index contributed by atoms with van der Waals surface area (Å²) in [6.45, 7) is 5.41. The summed E-state index contributed by atoms with van der Waals surface area (Å²) in [4.78, 5) is 16.8. The number of aromatic nitrogens is 2.